The molecular formula is C20H14N6O3. The molecule has 0 aliphatic carbocycles. The minimum Gasteiger partial charge on any atom is -0.497 e. The van der Waals surface area contributed by atoms with E-state index in [-0.39, 0.29) is 22.7 Å². The van der Waals surface area contributed by atoms with Crippen LogP contribution < -0.4 is 16.2 Å². The molecule has 29 heavy (non-hydrogen) atoms. The summed E-state index contributed by atoms with van der Waals surface area (Å²) in [5, 5.41) is 9.14. The number of methoxy groups -OCH3 is 1. The van der Waals surface area contributed by atoms with Gasteiger partial charge in [-0.1, -0.05) is 18.2 Å². The number of nitriles is 1. The third kappa shape index (κ3) is 3.08. The van der Waals surface area contributed by atoms with Crippen molar-refractivity contribution in [1.29, 1.82) is 5.26 Å². The fraction of sp³-hybridized carbons (Fsp3) is 0.0500. The number of aromatic nitrogens is 4. The van der Waals surface area contributed by atoms with Gasteiger partial charge in [0.25, 0.3) is 5.91 Å². The van der Waals surface area contributed by atoms with E-state index in [0.29, 0.717) is 22.6 Å². The Hall–Kier alpha value is -4.45. The number of carbonyl (C=O) groups excluding carboxylic acids is 1. The number of hydrogen-bond acceptors (Lipinski definition) is 6. The summed E-state index contributed by atoms with van der Waals surface area (Å²) in [5.41, 5.74) is 6.60. The highest BCUT2D eigenvalue weighted by molar-refractivity contribution is 6.02. The number of H-pyrrole nitrogens is 1. The molecule has 4 aromatic rings. The van der Waals surface area contributed by atoms with Crippen LogP contribution in [0.1, 0.15) is 16.1 Å². The van der Waals surface area contributed by atoms with Gasteiger partial charge in [-0.2, -0.15) is 5.26 Å². The number of nitrogens with one attached hydrogen (secondary N) is 1. The predicted molar refractivity (Wildman–Crippen MR) is 105 cm³/mol. The van der Waals surface area contributed by atoms with Gasteiger partial charge in [0.15, 0.2) is 17.2 Å². The molecular weight excluding hydrogens is 372 g/mol. The molecule has 0 saturated carbocycles. The summed E-state index contributed by atoms with van der Waals surface area (Å²) in [6.07, 6.45) is 0. The Morgan fingerprint density at radius 2 is 2.00 bits per heavy atom. The quantitative estimate of drug-likeness (QED) is 0.548. The lowest BCUT2D eigenvalue weighted by molar-refractivity contribution is 0.0997. The normalized spacial score (nSPS) is 10.6. The lowest BCUT2D eigenvalue weighted by Gasteiger charge is -2.08. The molecule has 0 bridgehead atoms. The van der Waals surface area contributed by atoms with Crippen molar-refractivity contribution in [2.45, 2.75) is 0 Å². The molecule has 2 heterocycles. The van der Waals surface area contributed by atoms with Crippen LogP contribution in [0.15, 0.2) is 53.3 Å². The number of carbonyl (C=O) groups is 1. The van der Waals surface area contributed by atoms with Gasteiger partial charge in [-0.3, -0.25) is 4.79 Å². The molecule has 0 saturated heterocycles. The van der Waals surface area contributed by atoms with E-state index < -0.39 is 11.6 Å². The Morgan fingerprint density at radius 1 is 1.21 bits per heavy atom. The van der Waals surface area contributed by atoms with Crippen LogP contribution in [0, 0.1) is 11.3 Å². The van der Waals surface area contributed by atoms with E-state index in [1.165, 1.54) is 11.7 Å². The van der Waals surface area contributed by atoms with E-state index in [4.69, 9.17) is 15.7 Å². The molecule has 0 radical (unpaired) electrons. The zero-order valence-electron chi connectivity index (χ0n) is 15.2. The highest BCUT2D eigenvalue weighted by Gasteiger charge is 2.20. The monoisotopic (exact) mass is 386 g/mol. The number of ether oxygens (including phenoxy) is 1. The number of imidazole rings is 1. The highest BCUT2D eigenvalue weighted by atomic mass is 16.5. The van der Waals surface area contributed by atoms with Crippen molar-refractivity contribution < 1.29 is 9.53 Å². The molecule has 2 aromatic heterocycles. The Kier molecular flexibility index (Phi) is 4.29. The Morgan fingerprint density at radius 3 is 2.72 bits per heavy atom. The topological polar surface area (TPSA) is 140 Å². The maximum atomic E-state index is 12.7. The van der Waals surface area contributed by atoms with E-state index in [0.717, 1.165) is 0 Å². The van der Waals surface area contributed by atoms with Crippen molar-refractivity contribution >= 4 is 17.1 Å². The molecule has 2 aromatic carbocycles. The molecule has 9 heteroatoms. The van der Waals surface area contributed by atoms with Crippen molar-refractivity contribution in [3.8, 4) is 28.9 Å². The molecule has 0 spiro atoms. The van der Waals surface area contributed by atoms with E-state index in [1.807, 2.05) is 6.07 Å². The smallest absolute Gasteiger partial charge is 0.332 e. The number of amides is 1. The van der Waals surface area contributed by atoms with Crippen LogP contribution in [0.2, 0.25) is 0 Å². The lowest BCUT2D eigenvalue weighted by Crippen LogP contribution is -2.15. The number of nitrogens with two attached hydrogens (primary N) is 1. The maximum absolute atomic E-state index is 12.7. The third-order valence-corrected chi connectivity index (χ3v) is 4.33. The van der Waals surface area contributed by atoms with Crippen molar-refractivity contribution in [2.75, 3.05) is 7.11 Å². The first-order chi connectivity index (χ1) is 14.0. The molecule has 142 valence electrons. The molecule has 4 rings (SSSR count). The second-order valence-corrected chi connectivity index (χ2v) is 6.12. The highest BCUT2D eigenvalue weighted by Crippen LogP contribution is 2.23. The molecule has 1 amide bonds. The predicted octanol–water partition coefficient (Wildman–Crippen LogP) is 1.75. The van der Waals surface area contributed by atoms with Crippen LogP contribution in [0.3, 0.4) is 0 Å². The minimum atomic E-state index is -0.811. The van der Waals surface area contributed by atoms with Crippen molar-refractivity contribution in [3.63, 3.8) is 0 Å². The Bertz CT molecular complexity index is 1360. The van der Waals surface area contributed by atoms with Crippen LogP contribution in [-0.4, -0.2) is 32.5 Å². The standard InChI is InChI=1S/C20H14N6O3/c1-29-14-7-3-6-13(9-14)26-19-16(24-20(26)28)15(17(22)27)23-18(25-19)12-5-2-4-11(8-12)10-21/h2-9H,1H3,(H2,22,27)(H,24,28). The molecule has 0 aliphatic rings. The summed E-state index contributed by atoms with van der Waals surface area (Å²) in [5.74, 6) is -0.0944. The van der Waals surface area contributed by atoms with Gasteiger partial charge >= 0.3 is 5.69 Å². The summed E-state index contributed by atoms with van der Waals surface area (Å²) in [6.45, 7) is 0. The summed E-state index contributed by atoms with van der Waals surface area (Å²) >= 11 is 0. The van der Waals surface area contributed by atoms with E-state index >= 15 is 0 Å². The fourth-order valence-electron chi connectivity index (χ4n) is 3.01. The van der Waals surface area contributed by atoms with Crippen molar-refractivity contribution in [1.82, 2.24) is 19.5 Å². The van der Waals surface area contributed by atoms with E-state index in [1.54, 1.807) is 48.5 Å². The minimum absolute atomic E-state index is 0.119. The maximum Gasteiger partial charge on any atom is 0.332 e. The molecule has 0 aliphatic heterocycles. The number of fused-ring (bicyclic) bond motifs is 1. The number of nitrogens with zero attached hydrogens (tertiary/aromatic N) is 4. The molecule has 0 atom stereocenters. The third-order valence-electron chi connectivity index (χ3n) is 4.33. The number of rotatable bonds is 4. The van der Waals surface area contributed by atoms with Gasteiger partial charge in [-0.15, -0.1) is 0 Å². The summed E-state index contributed by atoms with van der Waals surface area (Å²) in [6, 6.07) is 15.5. The molecule has 0 fully saturated rings. The molecule has 9 nitrogen and oxygen atoms in total. The van der Waals surface area contributed by atoms with E-state index in [2.05, 4.69) is 15.0 Å². The van der Waals surface area contributed by atoms with Crippen LogP contribution in [0.5, 0.6) is 5.75 Å². The van der Waals surface area contributed by atoms with Gasteiger partial charge in [-0.25, -0.2) is 19.3 Å². The zero-order chi connectivity index (χ0) is 20.5. The first-order valence-corrected chi connectivity index (χ1v) is 8.49. The number of hydrogen-bond donors (Lipinski definition) is 2. The Balaban J connectivity index is 2.05. The fourth-order valence-corrected chi connectivity index (χ4v) is 3.01. The SMILES string of the molecule is COc1cccc(-n2c(=O)[nH]c3c(C(N)=O)nc(-c4cccc(C#N)c4)nc32)c1. The summed E-state index contributed by atoms with van der Waals surface area (Å²) in [7, 11) is 1.52. The van der Waals surface area contributed by atoms with Crippen molar-refractivity contribution in [2.24, 2.45) is 5.73 Å². The average Bonchev–Trinajstić information content (AvgIpc) is 3.08. The number of primary amides is 1. The van der Waals surface area contributed by atoms with E-state index in [9.17, 15) is 9.59 Å². The first-order valence-electron chi connectivity index (χ1n) is 8.49. The summed E-state index contributed by atoms with van der Waals surface area (Å²) < 4.78 is 6.53. The van der Waals surface area contributed by atoms with Crippen molar-refractivity contribution in [3.05, 3.63) is 70.3 Å². The number of aromatic amines is 1. The lowest BCUT2D eigenvalue weighted by atomic mass is 10.1. The van der Waals surface area contributed by atoms with Gasteiger partial charge in [-0.05, 0) is 24.3 Å². The second kappa shape index (κ2) is 6.94. The van der Waals surface area contributed by atoms with Gasteiger partial charge in [0, 0.05) is 11.6 Å². The van der Waals surface area contributed by atoms with Gasteiger partial charge in [0.2, 0.25) is 0 Å². The van der Waals surface area contributed by atoms with Crippen LogP contribution in [0.4, 0.5) is 0 Å². The van der Waals surface area contributed by atoms with Gasteiger partial charge in [0.1, 0.15) is 11.3 Å². The average molecular weight is 386 g/mol. The second-order valence-electron chi connectivity index (χ2n) is 6.12. The largest absolute Gasteiger partial charge is 0.497 e. The van der Waals surface area contributed by atoms with Gasteiger partial charge < -0.3 is 15.5 Å². The summed E-state index contributed by atoms with van der Waals surface area (Å²) in [4.78, 5) is 36.0. The van der Waals surface area contributed by atoms with Crippen LogP contribution >= 0.6 is 0 Å². The zero-order valence-corrected chi connectivity index (χ0v) is 15.2. The van der Waals surface area contributed by atoms with Crippen LogP contribution in [-0.2, 0) is 0 Å². The van der Waals surface area contributed by atoms with Crippen LogP contribution in [0.25, 0.3) is 28.2 Å². The number of benzene rings is 2. The molecule has 3 N–H and O–H groups in total. The first kappa shape index (κ1) is 17.9. The molecule has 0 unspecified atom stereocenters. The Labute approximate surface area is 164 Å². The van der Waals surface area contributed by atoms with Gasteiger partial charge in [0.05, 0.1) is 24.4 Å².